The minimum Gasteiger partial charge on any atom is -0.493 e. The lowest BCUT2D eigenvalue weighted by Gasteiger charge is -2.43. The average molecular weight is 422 g/mol. The molecule has 1 saturated heterocycles. The molecule has 2 aliphatic heterocycles. The van der Waals surface area contributed by atoms with Crippen LogP contribution in [0.3, 0.4) is 0 Å². The van der Waals surface area contributed by atoms with Gasteiger partial charge in [0.2, 0.25) is 0 Å². The summed E-state index contributed by atoms with van der Waals surface area (Å²) >= 11 is 0. The number of hydrogen-bond acceptors (Lipinski definition) is 4. The van der Waals surface area contributed by atoms with Crippen molar-refractivity contribution < 1.29 is 14.3 Å². The van der Waals surface area contributed by atoms with Gasteiger partial charge in [-0.15, -0.1) is 0 Å². The molecule has 2 aromatic rings. The second-order valence-electron chi connectivity index (χ2n) is 8.80. The molecule has 31 heavy (non-hydrogen) atoms. The Kier molecular flexibility index (Phi) is 6.54. The highest BCUT2D eigenvalue weighted by atomic mass is 16.5. The molecule has 1 aromatic heterocycles. The average Bonchev–Trinajstić information content (AvgIpc) is 2.79. The highest BCUT2D eigenvalue weighted by Crippen LogP contribution is 2.36. The van der Waals surface area contributed by atoms with Gasteiger partial charge in [-0.1, -0.05) is 25.0 Å². The van der Waals surface area contributed by atoms with Crippen LogP contribution in [-0.2, 0) is 0 Å². The topological polar surface area (TPSA) is 71.5 Å². The molecule has 1 spiro atoms. The fraction of sp³-hybridized carbons (Fsp3) is 0.480. The summed E-state index contributed by atoms with van der Waals surface area (Å²) in [5.41, 5.74) is 1.90. The van der Waals surface area contributed by atoms with Gasteiger partial charge in [-0.05, 0) is 56.9 Å². The van der Waals surface area contributed by atoms with Gasteiger partial charge in [0.15, 0.2) is 0 Å². The normalized spacial score (nSPS) is 22.5. The standard InChI is InChI=1S/C25H31N3O3/c1-19-20(10-7-14-26-19)24(30)28-15-8-13-25(18-28)12-5-2-6-16-31-22-11-4-3-9-21(22)23(29)27-17-25/h3-4,7,9-11,14H,2,5-6,8,12-13,15-18H2,1H3,(H,27,29). The fourth-order valence-electron chi connectivity index (χ4n) is 4.80. The summed E-state index contributed by atoms with van der Waals surface area (Å²) in [7, 11) is 0. The largest absolute Gasteiger partial charge is 0.493 e. The number of carbonyl (C=O) groups excluding carboxylic acids is 2. The highest BCUT2D eigenvalue weighted by Gasteiger charge is 2.38. The fourth-order valence-corrected chi connectivity index (χ4v) is 4.80. The summed E-state index contributed by atoms with van der Waals surface area (Å²) in [5, 5.41) is 3.16. The molecule has 164 valence electrons. The first-order valence-electron chi connectivity index (χ1n) is 11.3. The molecular weight excluding hydrogens is 390 g/mol. The van der Waals surface area contributed by atoms with Gasteiger partial charge < -0.3 is 15.0 Å². The number of amides is 2. The lowest BCUT2D eigenvalue weighted by atomic mass is 9.75. The van der Waals surface area contributed by atoms with E-state index in [2.05, 4.69) is 10.3 Å². The van der Waals surface area contributed by atoms with Gasteiger partial charge in [0.1, 0.15) is 5.75 Å². The van der Waals surface area contributed by atoms with E-state index >= 15 is 0 Å². The first-order valence-corrected chi connectivity index (χ1v) is 11.3. The number of carbonyl (C=O) groups is 2. The third-order valence-electron chi connectivity index (χ3n) is 6.55. The van der Waals surface area contributed by atoms with E-state index < -0.39 is 0 Å². The number of pyridine rings is 1. The van der Waals surface area contributed by atoms with Crippen LogP contribution in [0, 0.1) is 12.3 Å². The summed E-state index contributed by atoms with van der Waals surface area (Å²) in [4.78, 5) is 32.4. The summed E-state index contributed by atoms with van der Waals surface area (Å²) in [6.45, 7) is 4.47. The summed E-state index contributed by atoms with van der Waals surface area (Å²) < 4.78 is 5.86. The van der Waals surface area contributed by atoms with Gasteiger partial charge in [0.05, 0.1) is 17.7 Å². The molecule has 0 radical (unpaired) electrons. The number of benzene rings is 1. The Labute approximate surface area is 184 Å². The summed E-state index contributed by atoms with van der Waals surface area (Å²) in [6, 6.07) is 11.1. The maximum atomic E-state index is 13.2. The zero-order chi connectivity index (χ0) is 21.7. The van der Waals surface area contributed by atoms with Crippen LogP contribution in [0.1, 0.15) is 64.9 Å². The lowest BCUT2D eigenvalue weighted by Crippen LogP contribution is -2.51. The molecule has 1 aromatic carbocycles. The predicted octanol–water partition coefficient (Wildman–Crippen LogP) is 4.00. The van der Waals surface area contributed by atoms with Crippen LogP contribution in [0.4, 0.5) is 0 Å². The molecule has 2 aliphatic rings. The summed E-state index contributed by atoms with van der Waals surface area (Å²) in [6.07, 6.45) is 7.77. The van der Waals surface area contributed by atoms with Crippen LogP contribution in [0.15, 0.2) is 42.6 Å². The molecule has 6 nitrogen and oxygen atoms in total. The molecule has 0 bridgehead atoms. The molecule has 0 aliphatic carbocycles. The van der Waals surface area contributed by atoms with Gasteiger partial charge in [0.25, 0.3) is 11.8 Å². The SMILES string of the molecule is Cc1ncccc1C(=O)N1CCCC2(CCCCCOc3ccccc3C(=O)NC2)C1. The number of nitrogens with one attached hydrogen (secondary N) is 1. The van der Waals surface area contributed by atoms with Gasteiger partial charge in [0, 0.05) is 36.9 Å². The molecule has 1 unspecified atom stereocenters. The van der Waals surface area contributed by atoms with Gasteiger partial charge in [-0.25, -0.2) is 0 Å². The number of aryl methyl sites for hydroxylation is 1. The van der Waals surface area contributed by atoms with Crippen molar-refractivity contribution in [3.8, 4) is 5.75 Å². The Hall–Kier alpha value is -2.89. The van der Waals surface area contributed by atoms with Crippen LogP contribution < -0.4 is 10.1 Å². The van der Waals surface area contributed by atoms with Crippen LogP contribution in [-0.4, -0.2) is 47.9 Å². The molecule has 4 rings (SSSR count). The van der Waals surface area contributed by atoms with E-state index in [4.69, 9.17) is 4.74 Å². The first kappa shape index (κ1) is 21.3. The third kappa shape index (κ3) is 4.89. The minimum absolute atomic E-state index is 0.0425. The van der Waals surface area contributed by atoms with Crippen LogP contribution in [0.25, 0.3) is 0 Å². The number of ether oxygens (including phenoxy) is 1. The van der Waals surface area contributed by atoms with Crippen molar-refractivity contribution in [2.24, 2.45) is 5.41 Å². The van der Waals surface area contributed by atoms with Crippen LogP contribution in [0.2, 0.25) is 0 Å². The number of likely N-dealkylation sites (tertiary alicyclic amines) is 1. The van der Waals surface area contributed by atoms with E-state index in [-0.39, 0.29) is 17.2 Å². The first-order chi connectivity index (χ1) is 15.1. The van der Waals surface area contributed by atoms with Crippen LogP contribution >= 0.6 is 0 Å². The van der Waals surface area contributed by atoms with Crippen molar-refractivity contribution in [2.45, 2.75) is 45.4 Å². The lowest BCUT2D eigenvalue weighted by molar-refractivity contribution is 0.0467. The number of nitrogens with zero attached hydrogens (tertiary/aromatic N) is 2. The van der Waals surface area contributed by atoms with Crippen molar-refractivity contribution in [3.63, 3.8) is 0 Å². The molecule has 2 amide bonds. The van der Waals surface area contributed by atoms with E-state index in [0.717, 1.165) is 50.8 Å². The second kappa shape index (κ2) is 9.50. The summed E-state index contributed by atoms with van der Waals surface area (Å²) in [5.74, 6) is 0.574. The molecule has 1 fully saturated rings. The van der Waals surface area contributed by atoms with Crippen molar-refractivity contribution >= 4 is 11.8 Å². The number of rotatable bonds is 1. The van der Waals surface area contributed by atoms with Gasteiger partial charge in [-0.3, -0.25) is 14.6 Å². The smallest absolute Gasteiger partial charge is 0.255 e. The molecule has 0 saturated carbocycles. The molecule has 1 N–H and O–H groups in total. The van der Waals surface area contributed by atoms with Crippen LogP contribution in [0.5, 0.6) is 5.75 Å². The monoisotopic (exact) mass is 421 g/mol. The van der Waals surface area contributed by atoms with E-state index in [1.165, 1.54) is 0 Å². The Morgan fingerprint density at radius 1 is 1.10 bits per heavy atom. The molecule has 1 atom stereocenters. The zero-order valence-corrected chi connectivity index (χ0v) is 18.2. The van der Waals surface area contributed by atoms with E-state index in [1.54, 1.807) is 6.20 Å². The maximum Gasteiger partial charge on any atom is 0.255 e. The second-order valence-corrected chi connectivity index (χ2v) is 8.80. The Bertz CT molecular complexity index is 945. The Morgan fingerprint density at radius 2 is 1.94 bits per heavy atom. The van der Waals surface area contributed by atoms with E-state index in [9.17, 15) is 9.59 Å². The van der Waals surface area contributed by atoms with Crippen molar-refractivity contribution in [3.05, 3.63) is 59.4 Å². The van der Waals surface area contributed by atoms with E-state index in [1.807, 2.05) is 48.2 Å². The quantitative estimate of drug-likeness (QED) is 0.756. The maximum absolute atomic E-state index is 13.2. The molecule has 6 heteroatoms. The van der Waals surface area contributed by atoms with E-state index in [0.29, 0.717) is 36.6 Å². The van der Waals surface area contributed by atoms with Crippen molar-refractivity contribution in [1.29, 1.82) is 0 Å². The molecule has 3 heterocycles. The Balaban J connectivity index is 1.54. The number of para-hydroxylation sites is 1. The highest BCUT2D eigenvalue weighted by molar-refractivity contribution is 5.97. The van der Waals surface area contributed by atoms with Gasteiger partial charge >= 0.3 is 0 Å². The zero-order valence-electron chi connectivity index (χ0n) is 18.2. The number of fused-ring (bicyclic) bond motifs is 1. The minimum atomic E-state index is -0.109. The number of aromatic nitrogens is 1. The van der Waals surface area contributed by atoms with Gasteiger partial charge in [-0.2, -0.15) is 0 Å². The van der Waals surface area contributed by atoms with Crippen molar-refractivity contribution in [1.82, 2.24) is 15.2 Å². The molecular formula is C25H31N3O3. The Morgan fingerprint density at radius 3 is 2.81 bits per heavy atom. The number of hydrogen-bond donors (Lipinski definition) is 1. The number of piperidine rings is 1. The predicted molar refractivity (Wildman–Crippen MR) is 119 cm³/mol. The van der Waals surface area contributed by atoms with Crippen molar-refractivity contribution in [2.75, 3.05) is 26.2 Å². The third-order valence-corrected chi connectivity index (χ3v) is 6.55.